The molecule has 0 radical (unpaired) electrons. The lowest BCUT2D eigenvalue weighted by Gasteiger charge is -2.17. The van der Waals surface area contributed by atoms with Crippen LogP contribution in [0.2, 0.25) is 0 Å². The minimum absolute atomic E-state index is 0.0260. The number of nitrogens with one attached hydrogen (secondary N) is 1. The lowest BCUT2D eigenvalue weighted by Crippen LogP contribution is -2.40. The summed E-state index contributed by atoms with van der Waals surface area (Å²) in [6, 6.07) is 13.8. The second-order valence-electron chi connectivity index (χ2n) is 5.96. The van der Waals surface area contributed by atoms with Gasteiger partial charge in [0.05, 0.1) is 12.2 Å². The highest BCUT2D eigenvalue weighted by Gasteiger charge is 2.27. The molecule has 2 amide bonds. The minimum Gasteiger partial charge on any atom is -0.471 e. The molecule has 1 N–H and O–H groups in total. The topological polar surface area (TPSA) is 67.3 Å². The van der Waals surface area contributed by atoms with Gasteiger partial charge in [-0.25, -0.2) is 4.79 Å². The minimum atomic E-state index is -0.0352. The number of nitrogens with zero attached hydrogens (tertiary/aromatic N) is 3. The summed E-state index contributed by atoms with van der Waals surface area (Å²) in [6.07, 6.45) is 1.61. The number of likely N-dealkylation sites (tertiary alicyclic amines) is 1. The van der Waals surface area contributed by atoms with Crippen molar-refractivity contribution < 1.29 is 9.53 Å². The number of carbonyl (C=O) groups excluding carboxylic acids is 1. The van der Waals surface area contributed by atoms with Crippen LogP contribution in [-0.2, 0) is 6.42 Å². The molecule has 1 aromatic carbocycles. The van der Waals surface area contributed by atoms with Gasteiger partial charge in [0.1, 0.15) is 6.10 Å². The second-order valence-corrected chi connectivity index (χ2v) is 5.96. The van der Waals surface area contributed by atoms with Crippen molar-refractivity contribution in [2.24, 2.45) is 0 Å². The molecule has 2 aromatic rings. The number of aromatic nitrogens is 2. The van der Waals surface area contributed by atoms with Crippen LogP contribution in [0.5, 0.6) is 5.88 Å². The van der Waals surface area contributed by atoms with Crippen molar-refractivity contribution >= 4 is 6.03 Å². The summed E-state index contributed by atoms with van der Waals surface area (Å²) >= 11 is 0. The van der Waals surface area contributed by atoms with Gasteiger partial charge in [-0.15, -0.1) is 5.10 Å². The Bertz CT molecular complexity index is 660. The number of benzene rings is 1. The number of amides is 2. The average Bonchev–Trinajstić information content (AvgIpc) is 3.06. The number of urea groups is 1. The van der Waals surface area contributed by atoms with Crippen LogP contribution in [0.3, 0.4) is 0 Å². The number of aryl methyl sites for hydroxylation is 1. The van der Waals surface area contributed by atoms with E-state index in [1.54, 1.807) is 4.90 Å². The average molecular weight is 326 g/mol. The first-order chi connectivity index (χ1) is 11.7. The Hall–Kier alpha value is -2.63. The molecule has 0 aliphatic carbocycles. The van der Waals surface area contributed by atoms with Crippen molar-refractivity contribution in [3.8, 4) is 5.88 Å². The van der Waals surface area contributed by atoms with Gasteiger partial charge in [0.2, 0.25) is 5.88 Å². The quantitative estimate of drug-likeness (QED) is 0.914. The molecule has 1 atom stereocenters. The molecule has 3 rings (SSSR count). The second kappa shape index (κ2) is 7.77. The van der Waals surface area contributed by atoms with Gasteiger partial charge in [0.15, 0.2) is 0 Å². The number of carbonyl (C=O) groups is 1. The van der Waals surface area contributed by atoms with Crippen LogP contribution in [0.25, 0.3) is 0 Å². The van der Waals surface area contributed by atoms with E-state index >= 15 is 0 Å². The van der Waals surface area contributed by atoms with Crippen LogP contribution in [0, 0.1) is 6.92 Å². The Morgan fingerprint density at radius 3 is 2.83 bits per heavy atom. The molecule has 24 heavy (non-hydrogen) atoms. The van der Waals surface area contributed by atoms with E-state index in [0.29, 0.717) is 25.5 Å². The van der Waals surface area contributed by atoms with Gasteiger partial charge in [-0.05, 0) is 25.0 Å². The van der Waals surface area contributed by atoms with Crippen molar-refractivity contribution in [3.05, 3.63) is 53.7 Å². The highest BCUT2D eigenvalue weighted by atomic mass is 16.5. The van der Waals surface area contributed by atoms with Gasteiger partial charge < -0.3 is 15.0 Å². The number of ether oxygens (including phenoxy) is 1. The first-order valence-electron chi connectivity index (χ1n) is 8.24. The predicted molar refractivity (Wildman–Crippen MR) is 90.9 cm³/mol. The summed E-state index contributed by atoms with van der Waals surface area (Å²) in [5, 5.41) is 10.9. The molecule has 0 saturated carbocycles. The highest BCUT2D eigenvalue weighted by Crippen LogP contribution is 2.16. The van der Waals surface area contributed by atoms with Crippen LogP contribution in [0.15, 0.2) is 42.5 Å². The standard InChI is InChI=1S/C18H22N4O2/c1-14-7-8-17(21-20-14)24-16-10-12-22(13-16)18(23)19-11-9-15-5-3-2-4-6-15/h2-8,16H,9-13H2,1H3,(H,19,23). The Balaban J connectivity index is 1.41. The Kier molecular flexibility index (Phi) is 5.25. The zero-order chi connectivity index (χ0) is 16.8. The third-order valence-electron chi connectivity index (χ3n) is 4.03. The fourth-order valence-corrected chi connectivity index (χ4v) is 2.70. The molecule has 126 valence electrons. The SMILES string of the molecule is Cc1ccc(OC2CCN(C(=O)NCCc3ccccc3)C2)nn1. The molecular formula is C18H22N4O2. The lowest BCUT2D eigenvalue weighted by atomic mass is 10.1. The van der Waals surface area contributed by atoms with Crippen molar-refractivity contribution in [3.63, 3.8) is 0 Å². The van der Waals surface area contributed by atoms with Gasteiger partial charge in [-0.3, -0.25) is 0 Å². The van der Waals surface area contributed by atoms with Gasteiger partial charge in [0.25, 0.3) is 0 Å². The van der Waals surface area contributed by atoms with Crippen LogP contribution >= 0.6 is 0 Å². The van der Waals surface area contributed by atoms with E-state index in [9.17, 15) is 4.79 Å². The number of rotatable bonds is 5. The highest BCUT2D eigenvalue weighted by molar-refractivity contribution is 5.74. The Labute approximate surface area is 141 Å². The molecule has 1 aliphatic rings. The first kappa shape index (κ1) is 16.2. The fraction of sp³-hybridized carbons (Fsp3) is 0.389. The van der Waals surface area contributed by atoms with Crippen LogP contribution < -0.4 is 10.1 Å². The molecule has 1 aromatic heterocycles. The molecule has 6 nitrogen and oxygen atoms in total. The monoisotopic (exact) mass is 326 g/mol. The number of hydrogen-bond donors (Lipinski definition) is 1. The largest absolute Gasteiger partial charge is 0.471 e. The van der Waals surface area contributed by atoms with Gasteiger partial charge in [-0.2, -0.15) is 5.10 Å². The summed E-state index contributed by atoms with van der Waals surface area (Å²) in [6.45, 7) is 3.79. The van der Waals surface area contributed by atoms with Crippen molar-refractivity contribution in [2.45, 2.75) is 25.9 Å². The van der Waals surface area contributed by atoms with E-state index in [1.165, 1.54) is 5.56 Å². The summed E-state index contributed by atoms with van der Waals surface area (Å²) in [5.74, 6) is 0.511. The maximum atomic E-state index is 12.2. The smallest absolute Gasteiger partial charge is 0.317 e. The molecule has 1 unspecified atom stereocenters. The Morgan fingerprint density at radius 2 is 2.08 bits per heavy atom. The van der Waals surface area contributed by atoms with E-state index < -0.39 is 0 Å². The molecule has 6 heteroatoms. The van der Waals surface area contributed by atoms with Crippen molar-refractivity contribution in [1.82, 2.24) is 20.4 Å². The van der Waals surface area contributed by atoms with Gasteiger partial charge >= 0.3 is 6.03 Å². The summed E-state index contributed by atoms with van der Waals surface area (Å²) in [4.78, 5) is 14.0. The van der Waals surface area contributed by atoms with Gasteiger partial charge in [-0.1, -0.05) is 30.3 Å². The molecular weight excluding hydrogens is 304 g/mol. The van der Waals surface area contributed by atoms with E-state index in [2.05, 4.69) is 27.6 Å². The number of hydrogen-bond acceptors (Lipinski definition) is 4. The molecule has 0 bridgehead atoms. The molecule has 1 fully saturated rings. The van der Waals surface area contributed by atoms with E-state index in [4.69, 9.17) is 4.74 Å². The fourth-order valence-electron chi connectivity index (χ4n) is 2.70. The van der Waals surface area contributed by atoms with Crippen LogP contribution in [0.1, 0.15) is 17.7 Å². The predicted octanol–water partition coefficient (Wildman–Crippen LogP) is 2.19. The summed E-state index contributed by atoms with van der Waals surface area (Å²) in [5.41, 5.74) is 2.08. The van der Waals surface area contributed by atoms with Crippen LogP contribution in [0.4, 0.5) is 4.79 Å². The molecule has 1 saturated heterocycles. The van der Waals surface area contributed by atoms with Crippen LogP contribution in [-0.4, -0.2) is 46.9 Å². The maximum absolute atomic E-state index is 12.2. The first-order valence-corrected chi connectivity index (χ1v) is 8.24. The van der Waals surface area contributed by atoms with E-state index in [0.717, 1.165) is 18.5 Å². The normalized spacial score (nSPS) is 16.9. The zero-order valence-corrected chi connectivity index (χ0v) is 13.8. The van der Waals surface area contributed by atoms with Gasteiger partial charge in [0, 0.05) is 25.6 Å². The third kappa shape index (κ3) is 4.44. The third-order valence-corrected chi connectivity index (χ3v) is 4.03. The van der Waals surface area contributed by atoms with E-state index in [1.807, 2.05) is 37.3 Å². The molecule has 1 aliphatic heterocycles. The van der Waals surface area contributed by atoms with E-state index in [-0.39, 0.29) is 12.1 Å². The van der Waals surface area contributed by atoms with Crippen molar-refractivity contribution in [1.29, 1.82) is 0 Å². The molecule has 0 spiro atoms. The van der Waals surface area contributed by atoms with Crippen molar-refractivity contribution in [2.75, 3.05) is 19.6 Å². The maximum Gasteiger partial charge on any atom is 0.317 e. The summed E-state index contributed by atoms with van der Waals surface area (Å²) in [7, 11) is 0. The summed E-state index contributed by atoms with van der Waals surface area (Å²) < 4.78 is 5.79. The molecule has 2 heterocycles. The Morgan fingerprint density at radius 1 is 1.25 bits per heavy atom. The lowest BCUT2D eigenvalue weighted by molar-refractivity contribution is 0.182. The zero-order valence-electron chi connectivity index (χ0n) is 13.8.